The molecule has 1 aliphatic rings. The molecule has 0 radical (unpaired) electrons. The Kier molecular flexibility index (Phi) is 4.85. The molecular formula is C17H22N4O. The Balaban J connectivity index is 1.53. The largest absolute Gasteiger partial charge is 0.497 e. The van der Waals surface area contributed by atoms with E-state index in [1.165, 1.54) is 18.4 Å². The first-order valence-corrected chi connectivity index (χ1v) is 7.73. The molecule has 0 spiro atoms. The summed E-state index contributed by atoms with van der Waals surface area (Å²) in [4.78, 5) is 6.76. The highest BCUT2D eigenvalue weighted by Gasteiger charge is 2.22. The Labute approximate surface area is 131 Å². The van der Waals surface area contributed by atoms with Gasteiger partial charge in [-0.25, -0.2) is 4.98 Å². The lowest BCUT2D eigenvalue weighted by atomic mass is 9.97. The SMILES string of the molecule is COc1ccc(/C=C/CN2CCC[C@@H](c3ncn[nH]3)C2)cc1. The van der Waals surface area contributed by atoms with E-state index in [9.17, 15) is 0 Å². The van der Waals surface area contributed by atoms with Gasteiger partial charge in [0.25, 0.3) is 0 Å². The molecule has 1 aromatic heterocycles. The molecule has 0 saturated carbocycles. The van der Waals surface area contributed by atoms with Gasteiger partial charge in [-0.2, -0.15) is 5.10 Å². The predicted octanol–water partition coefficient (Wildman–Crippen LogP) is 2.71. The first-order chi connectivity index (χ1) is 10.8. The maximum Gasteiger partial charge on any atom is 0.137 e. The van der Waals surface area contributed by atoms with Crippen LogP contribution in [0.2, 0.25) is 0 Å². The second-order valence-electron chi connectivity index (χ2n) is 5.64. The summed E-state index contributed by atoms with van der Waals surface area (Å²) >= 11 is 0. The number of rotatable bonds is 5. The zero-order valence-corrected chi connectivity index (χ0v) is 12.9. The minimum atomic E-state index is 0.477. The van der Waals surface area contributed by atoms with Crippen molar-refractivity contribution in [2.24, 2.45) is 0 Å². The zero-order valence-electron chi connectivity index (χ0n) is 12.9. The second-order valence-corrected chi connectivity index (χ2v) is 5.64. The molecule has 3 rings (SSSR count). The minimum absolute atomic E-state index is 0.477. The van der Waals surface area contributed by atoms with Crippen LogP contribution in [0.4, 0.5) is 0 Å². The van der Waals surface area contributed by atoms with Crippen LogP contribution in [-0.4, -0.2) is 46.8 Å². The molecule has 2 aromatic rings. The fourth-order valence-electron chi connectivity index (χ4n) is 2.91. The van der Waals surface area contributed by atoms with Gasteiger partial charge in [-0.15, -0.1) is 0 Å². The molecule has 1 atom stereocenters. The number of H-pyrrole nitrogens is 1. The standard InChI is InChI=1S/C17H22N4O/c1-22-16-8-6-14(7-9-16)4-2-10-21-11-3-5-15(12-21)17-18-13-19-20-17/h2,4,6-9,13,15H,3,5,10-12H2,1H3,(H,18,19,20)/b4-2+/t15-/m1/s1. The van der Waals surface area contributed by atoms with E-state index in [0.717, 1.165) is 31.2 Å². The van der Waals surface area contributed by atoms with E-state index in [0.29, 0.717) is 5.92 Å². The van der Waals surface area contributed by atoms with Crippen LogP contribution in [0.15, 0.2) is 36.7 Å². The molecule has 1 aliphatic heterocycles. The van der Waals surface area contributed by atoms with Crippen LogP contribution in [0, 0.1) is 0 Å². The van der Waals surface area contributed by atoms with Crippen molar-refractivity contribution in [1.82, 2.24) is 20.1 Å². The van der Waals surface area contributed by atoms with Gasteiger partial charge >= 0.3 is 0 Å². The molecule has 116 valence electrons. The average molecular weight is 298 g/mol. The van der Waals surface area contributed by atoms with E-state index < -0.39 is 0 Å². The van der Waals surface area contributed by atoms with Gasteiger partial charge in [0.05, 0.1) is 7.11 Å². The molecule has 0 aliphatic carbocycles. The molecule has 0 unspecified atom stereocenters. The van der Waals surface area contributed by atoms with Gasteiger partial charge in [0.15, 0.2) is 0 Å². The summed E-state index contributed by atoms with van der Waals surface area (Å²) in [5.74, 6) is 2.39. The summed E-state index contributed by atoms with van der Waals surface area (Å²) in [6, 6.07) is 8.12. The van der Waals surface area contributed by atoms with Crippen molar-refractivity contribution in [3.63, 3.8) is 0 Å². The van der Waals surface area contributed by atoms with E-state index in [-0.39, 0.29) is 0 Å². The third kappa shape index (κ3) is 3.74. The van der Waals surface area contributed by atoms with E-state index in [1.54, 1.807) is 13.4 Å². The van der Waals surface area contributed by atoms with Gasteiger partial charge in [-0.3, -0.25) is 10.00 Å². The van der Waals surface area contributed by atoms with Gasteiger partial charge in [0, 0.05) is 19.0 Å². The highest BCUT2D eigenvalue weighted by atomic mass is 16.5. The molecule has 1 saturated heterocycles. The van der Waals surface area contributed by atoms with Crippen LogP contribution >= 0.6 is 0 Å². The summed E-state index contributed by atoms with van der Waals surface area (Å²) in [6.45, 7) is 3.16. The van der Waals surface area contributed by atoms with E-state index >= 15 is 0 Å². The highest BCUT2D eigenvalue weighted by molar-refractivity contribution is 5.50. The fraction of sp³-hybridized carbons (Fsp3) is 0.412. The Morgan fingerprint density at radius 3 is 2.95 bits per heavy atom. The summed E-state index contributed by atoms with van der Waals surface area (Å²) in [5.41, 5.74) is 1.20. The topological polar surface area (TPSA) is 54.0 Å². The quantitative estimate of drug-likeness (QED) is 0.922. The van der Waals surface area contributed by atoms with Gasteiger partial charge in [-0.05, 0) is 37.1 Å². The van der Waals surface area contributed by atoms with Crippen molar-refractivity contribution < 1.29 is 4.74 Å². The van der Waals surface area contributed by atoms with Crippen LogP contribution in [-0.2, 0) is 0 Å². The number of hydrogen-bond donors (Lipinski definition) is 1. The highest BCUT2D eigenvalue weighted by Crippen LogP contribution is 2.23. The third-order valence-corrected chi connectivity index (χ3v) is 4.12. The lowest BCUT2D eigenvalue weighted by molar-refractivity contribution is 0.224. The van der Waals surface area contributed by atoms with Crippen LogP contribution in [0.25, 0.3) is 6.08 Å². The number of ether oxygens (including phenoxy) is 1. The third-order valence-electron chi connectivity index (χ3n) is 4.12. The molecule has 5 heteroatoms. The number of aromatic nitrogens is 3. The van der Waals surface area contributed by atoms with E-state index in [4.69, 9.17) is 4.74 Å². The maximum absolute atomic E-state index is 5.17. The Morgan fingerprint density at radius 1 is 1.36 bits per heavy atom. The first kappa shape index (κ1) is 14.8. The molecule has 1 fully saturated rings. The summed E-state index contributed by atoms with van der Waals surface area (Å²) in [7, 11) is 1.69. The summed E-state index contributed by atoms with van der Waals surface area (Å²) in [6.07, 6.45) is 8.38. The van der Waals surface area contributed by atoms with E-state index in [2.05, 4.69) is 44.4 Å². The van der Waals surface area contributed by atoms with Crippen molar-refractivity contribution in [2.45, 2.75) is 18.8 Å². The van der Waals surface area contributed by atoms with Crippen molar-refractivity contribution in [2.75, 3.05) is 26.7 Å². The monoisotopic (exact) mass is 298 g/mol. The molecule has 22 heavy (non-hydrogen) atoms. The Hall–Kier alpha value is -2.14. The molecule has 2 heterocycles. The minimum Gasteiger partial charge on any atom is -0.497 e. The van der Waals surface area contributed by atoms with Gasteiger partial charge in [0.2, 0.25) is 0 Å². The summed E-state index contributed by atoms with van der Waals surface area (Å²) < 4.78 is 5.17. The number of hydrogen-bond acceptors (Lipinski definition) is 4. The van der Waals surface area contributed by atoms with Crippen LogP contribution < -0.4 is 4.74 Å². The maximum atomic E-state index is 5.17. The zero-order chi connectivity index (χ0) is 15.2. The molecule has 1 N–H and O–H groups in total. The number of piperidine rings is 1. The fourth-order valence-corrected chi connectivity index (χ4v) is 2.91. The van der Waals surface area contributed by atoms with Crippen molar-refractivity contribution in [1.29, 1.82) is 0 Å². The smallest absolute Gasteiger partial charge is 0.137 e. The Morgan fingerprint density at radius 2 is 2.23 bits per heavy atom. The van der Waals surface area contributed by atoms with Gasteiger partial charge in [-0.1, -0.05) is 24.3 Å². The van der Waals surface area contributed by atoms with Crippen LogP contribution in [0.3, 0.4) is 0 Å². The number of benzene rings is 1. The lowest BCUT2D eigenvalue weighted by Gasteiger charge is -2.30. The van der Waals surface area contributed by atoms with E-state index in [1.807, 2.05) is 12.1 Å². The lowest BCUT2D eigenvalue weighted by Crippen LogP contribution is -2.34. The number of nitrogens with zero attached hydrogens (tertiary/aromatic N) is 3. The summed E-state index contributed by atoms with van der Waals surface area (Å²) in [5, 5.41) is 6.96. The molecular weight excluding hydrogens is 276 g/mol. The Bertz CT molecular complexity index is 592. The normalized spacial score (nSPS) is 19.6. The van der Waals surface area contributed by atoms with Crippen LogP contribution in [0.1, 0.15) is 30.1 Å². The number of aromatic amines is 1. The van der Waals surface area contributed by atoms with Crippen molar-refractivity contribution in [3.8, 4) is 5.75 Å². The molecule has 0 bridgehead atoms. The predicted molar refractivity (Wildman–Crippen MR) is 86.8 cm³/mol. The number of nitrogens with one attached hydrogen (secondary N) is 1. The van der Waals surface area contributed by atoms with Gasteiger partial charge in [0.1, 0.15) is 17.9 Å². The van der Waals surface area contributed by atoms with Crippen molar-refractivity contribution in [3.05, 3.63) is 48.1 Å². The number of likely N-dealkylation sites (tertiary alicyclic amines) is 1. The molecule has 5 nitrogen and oxygen atoms in total. The number of methoxy groups -OCH3 is 1. The molecule has 1 aromatic carbocycles. The van der Waals surface area contributed by atoms with Crippen LogP contribution in [0.5, 0.6) is 5.75 Å². The first-order valence-electron chi connectivity index (χ1n) is 7.73. The second kappa shape index (κ2) is 7.22. The molecule has 0 amide bonds. The van der Waals surface area contributed by atoms with Gasteiger partial charge < -0.3 is 4.74 Å². The average Bonchev–Trinajstić information content (AvgIpc) is 3.10. The van der Waals surface area contributed by atoms with Crippen molar-refractivity contribution >= 4 is 6.08 Å².